The third-order valence-corrected chi connectivity index (χ3v) is 3.61. The second-order valence-corrected chi connectivity index (χ2v) is 5.53. The van der Waals surface area contributed by atoms with Crippen molar-refractivity contribution < 1.29 is 4.74 Å². The van der Waals surface area contributed by atoms with Crippen LogP contribution in [0.25, 0.3) is 0 Å². The van der Waals surface area contributed by atoms with Gasteiger partial charge in [0.05, 0.1) is 0 Å². The standard InChI is InChI=1S/C18H23NO/c1-12-8-13(2)18(14(3)9-12)11-20-17-7-5-6-16(10-17)15(4)19/h5-10,15H,11,19H2,1-4H3/t15-/m0/s1. The van der Waals surface area contributed by atoms with Crippen molar-refractivity contribution in [1.29, 1.82) is 0 Å². The molecule has 0 aromatic heterocycles. The van der Waals surface area contributed by atoms with Gasteiger partial charge in [0, 0.05) is 6.04 Å². The first-order valence-corrected chi connectivity index (χ1v) is 7.02. The first kappa shape index (κ1) is 14.6. The van der Waals surface area contributed by atoms with E-state index in [2.05, 4.69) is 32.9 Å². The third-order valence-electron chi connectivity index (χ3n) is 3.61. The third kappa shape index (κ3) is 3.40. The highest BCUT2D eigenvalue weighted by Crippen LogP contribution is 2.21. The SMILES string of the molecule is Cc1cc(C)c(COc2cccc([C@H](C)N)c2)c(C)c1. The minimum atomic E-state index is 0.0291. The van der Waals surface area contributed by atoms with Gasteiger partial charge in [-0.25, -0.2) is 0 Å². The largest absolute Gasteiger partial charge is 0.489 e. The lowest BCUT2D eigenvalue weighted by atomic mass is 10.0. The van der Waals surface area contributed by atoms with Crippen LogP contribution in [-0.4, -0.2) is 0 Å². The smallest absolute Gasteiger partial charge is 0.120 e. The van der Waals surface area contributed by atoms with Gasteiger partial charge in [-0.1, -0.05) is 29.8 Å². The van der Waals surface area contributed by atoms with Gasteiger partial charge in [-0.2, -0.15) is 0 Å². The van der Waals surface area contributed by atoms with E-state index in [1.54, 1.807) is 0 Å². The molecular weight excluding hydrogens is 246 g/mol. The molecule has 0 unspecified atom stereocenters. The average molecular weight is 269 g/mol. The summed E-state index contributed by atoms with van der Waals surface area (Å²) in [6.45, 7) is 8.97. The van der Waals surface area contributed by atoms with Crippen LogP contribution >= 0.6 is 0 Å². The summed E-state index contributed by atoms with van der Waals surface area (Å²) in [5, 5.41) is 0. The van der Waals surface area contributed by atoms with E-state index in [-0.39, 0.29) is 6.04 Å². The Morgan fingerprint density at radius 2 is 1.70 bits per heavy atom. The molecule has 0 fully saturated rings. The van der Waals surface area contributed by atoms with Gasteiger partial charge in [0.1, 0.15) is 12.4 Å². The molecule has 0 bridgehead atoms. The van der Waals surface area contributed by atoms with Crippen LogP contribution in [0.1, 0.15) is 40.8 Å². The van der Waals surface area contributed by atoms with Crippen molar-refractivity contribution >= 4 is 0 Å². The van der Waals surface area contributed by atoms with Crippen LogP contribution in [0.5, 0.6) is 5.75 Å². The number of aryl methyl sites for hydroxylation is 3. The van der Waals surface area contributed by atoms with Gasteiger partial charge in [0.15, 0.2) is 0 Å². The molecule has 2 N–H and O–H groups in total. The number of rotatable bonds is 4. The molecule has 0 aliphatic heterocycles. The maximum absolute atomic E-state index is 5.93. The Morgan fingerprint density at radius 3 is 2.30 bits per heavy atom. The van der Waals surface area contributed by atoms with Gasteiger partial charge in [-0.15, -0.1) is 0 Å². The van der Waals surface area contributed by atoms with Crippen molar-refractivity contribution in [1.82, 2.24) is 0 Å². The number of ether oxygens (including phenoxy) is 1. The van der Waals surface area contributed by atoms with Crippen molar-refractivity contribution in [2.75, 3.05) is 0 Å². The molecule has 2 nitrogen and oxygen atoms in total. The zero-order chi connectivity index (χ0) is 14.7. The molecule has 2 aromatic rings. The summed E-state index contributed by atoms with van der Waals surface area (Å²) >= 11 is 0. The van der Waals surface area contributed by atoms with E-state index in [1.807, 2.05) is 31.2 Å². The van der Waals surface area contributed by atoms with E-state index in [0.717, 1.165) is 11.3 Å². The van der Waals surface area contributed by atoms with Gasteiger partial charge in [-0.3, -0.25) is 0 Å². The predicted molar refractivity (Wildman–Crippen MR) is 84.0 cm³/mol. The monoisotopic (exact) mass is 269 g/mol. The van der Waals surface area contributed by atoms with Crippen molar-refractivity contribution in [3.05, 3.63) is 64.2 Å². The van der Waals surface area contributed by atoms with Gasteiger partial charge in [0.25, 0.3) is 0 Å². The second-order valence-electron chi connectivity index (χ2n) is 5.53. The van der Waals surface area contributed by atoms with E-state index >= 15 is 0 Å². The molecule has 20 heavy (non-hydrogen) atoms. The van der Waals surface area contributed by atoms with Crippen molar-refractivity contribution in [2.45, 2.75) is 40.3 Å². The van der Waals surface area contributed by atoms with Crippen molar-refractivity contribution in [2.24, 2.45) is 5.73 Å². The van der Waals surface area contributed by atoms with Gasteiger partial charge in [-0.05, 0) is 62.1 Å². The molecular formula is C18H23NO. The average Bonchev–Trinajstić information content (AvgIpc) is 2.37. The van der Waals surface area contributed by atoms with Crippen LogP contribution in [0, 0.1) is 20.8 Å². The Kier molecular flexibility index (Phi) is 4.46. The lowest BCUT2D eigenvalue weighted by Gasteiger charge is -2.14. The summed E-state index contributed by atoms with van der Waals surface area (Å²) in [5.41, 5.74) is 12.1. The normalized spacial score (nSPS) is 12.2. The van der Waals surface area contributed by atoms with Crippen molar-refractivity contribution in [3.8, 4) is 5.75 Å². The van der Waals surface area contributed by atoms with Crippen LogP contribution < -0.4 is 10.5 Å². The fourth-order valence-corrected chi connectivity index (χ4v) is 2.48. The van der Waals surface area contributed by atoms with E-state index < -0.39 is 0 Å². The molecule has 2 rings (SSSR count). The predicted octanol–water partition coefficient (Wildman–Crippen LogP) is 4.21. The minimum absolute atomic E-state index is 0.0291. The fraction of sp³-hybridized carbons (Fsp3) is 0.333. The van der Waals surface area contributed by atoms with Crippen LogP contribution in [0.4, 0.5) is 0 Å². The zero-order valence-corrected chi connectivity index (χ0v) is 12.7. The van der Waals surface area contributed by atoms with Gasteiger partial charge < -0.3 is 10.5 Å². The molecule has 2 aromatic carbocycles. The van der Waals surface area contributed by atoms with E-state index in [1.165, 1.54) is 22.3 Å². The summed E-state index contributed by atoms with van der Waals surface area (Å²) in [6.07, 6.45) is 0. The lowest BCUT2D eigenvalue weighted by Crippen LogP contribution is -2.06. The maximum atomic E-state index is 5.93. The highest BCUT2D eigenvalue weighted by molar-refractivity contribution is 5.38. The van der Waals surface area contributed by atoms with E-state index in [4.69, 9.17) is 10.5 Å². The van der Waals surface area contributed by atoms with E-state index in [0.29, 0.717) is 6.61 Å². The minimum Gasteiger partial charge on any atom is -0.489 e. The van der Waals surface area contributed by atoms with Crippen LogP contribution in [0.2, 0.25) is 0 Å². The zero-order valence-electron chi connectivity index (χ0n) is 12.7. The Hall–Kier alpha value is -1.80. The topological polar surface area (TPSA) is 35.2 Å². The van der Waals surface area contributed by atoms with E-state index in [9.17, 15) is 0 Å². The van der Waals surface area contributed by atoms with Crippen LogP contribution in [0.15, 0.2) is 36.4 Å². The summed E-state index contributed by atoms with van der Waals surface area (Å²) in [5.74, 6) is 0.874. The molecule has 0 amide bonds. The molecule has 106 valence electrons. The number of hydrogen-bond donors (Lipinski definition) is 1. The van der Waals surface area contributed by atoms with Gasteiger partial charge in [0.2, 0.25) is 0 Å². The lowest BCUT2D eigenvalue weighted by molar-refractivity contribution is 0.304. The molecule has 0 spiro atoms. The van der Waals surface area contributed by atoms with Crippen molar-refractivity contribution in [3.63, 3.8) is 0 Å². The maximum Gasteiger partial charge on any atom is 0.120 e. The highest BCUT2D eigenvalue weighted by atomic mass is 16.5. The molecule has 0 heterocycles. The first-order valence-electron chi connectivity index (χ1n) is 7.02. The van der Waals surface area contributed by atoms with Crippen LogP contribution in [0.3, 0.4) is 0 Å². The quantitative estimate of drug-likeness (QED) is 0.902. The first-order chi connectivity index (χ1) is 9.47. The molecule has 0 saturated heterocycles. The van der Waals surface area contributed by atoms with Crippen LogP contribution in [-0.2, 0) is 6.61 Å². The molecule has 0 saturated carbocycles. The number of nitrogens with two attached hydrogens (primary N) is 1. The molecule has 1 atom stereocenters. The summed E-state index contributed by atoms with van der Waals surface area (Å²) < 4.78 is 5.93. The Bertz CT molecular complexity index is 579. The molecule has 0 radical (unpaired) electrons. The molecule has 0 aliphatic rings. The number of hydrogen-bond acceptors (Lipinski definition) is 2. The second kappa shape index (κ2) is 6.10. The molecule has 0 aliphatic carbocycles. The highest BCUT2D eigenvalue weighted by Gasteiger charge is 2.06. The Balaban J connectivity index is 2.15. The van der Waals surface area contributed by atoms with Gasteiger partial charge >= 0.3 is 0 Å². The summed E-state index contributed by atoms with van der Waals surface area (Å²) in [6, 6.07) is 12.4. The Labute approximate surface area is 121 Å². The Morgan fingerprint density at radius 1 is 1.05 bits per heavy atom. The molecule has 2 heteroatoms. The fourth-order valence-electron chi connectivity index (χ4n) is 2.48. The summed E-state index contributed by atoms with van der Waals surface area (Å²) in [4.78, 5) is 0. The number of benzene rings is 2. The summed E-state index contributed by atoms with van der Waals surface area (Å²) in [7, 11) is 0.